The van der Waals surface area contributed by atoms with Gasteiger partial charge in [0.15, 0.2) is 0 Å². The van der Waals surface area contributed by atoms with Crippen molar-refractivity contribution in [1.29, 1.82) is 0 Å². The van der Waals surface area contributed by atoms with Crippen LogP contribution in [0.2, 0.25) is 0 Å². The summed E-state index contributed by atoms with van der Waals surface area (Å²) in [7, 11) is 1.77. The Morgan fingerprint density at radius 1 is 1.10 bits per heavy atom. The smallest absolute Gasteiger partial charge is 0.256 e. The summed E-state index contributed by atoms with van der Waals surface area (Å²) in [5.41, 5.74) is 4.94. The molecule has 2 aliphatic rings. The van der Waals surface area contributed by atoms with Gasteiger partial charge in [-0.25, -0.2) is 5.01 Å². The first-order chi connectivity index (χ1) is 18.9. The van der Waals surface area contributed by atoms with Crippen LogP contribution in [0.5, 0.6) is 5.75 Å². The summed E-state index contributed by atoms with van der Waals surface area (Å²) in [5, 5.41) is 14.2. The zero-order valence-electron chi connectivity index (χ0n) is 22.7. The number of benzene rings is 2. The van der Waals surface area contributed by atoms with Crippen molar-refractivity contribution in [2.24, 2.45) is 0 Å². The minimum atomic E-state index is -0.174. The van der Waals surface area contributed by atoms with E-state index in [0.29, 0.717) is 50.2 Å². The topological polar surface area (TPSA) is 116 Å². The number of fused-ring (bicyclic) bond motifs is 2. The fraction of sp³-hybridized carbons (Fsp3) is 0.429. The fourth-order valence-electron chi connectivity index (χ4n) is 4.90. The number of ether oxygens (including phenoxy) is 1. The Morgan fingerprint density at radius 3 is 2.56 bits per heavy atom. The van der Waals surface area contributed by atoms with Crippen LogP contribution in [0.1, 0.15) is 29.5 Å². The molecule has 0 saturated heterocycles. The highest BCUT2D eigenvalue weighted by atomic mass is 16.5. The van der Waals surface area contributed by atoms with E-state index in [4.69, 9.17) is 9.26 Å². The molecule has 2 N–H and O–H groups in total. The molecule has 206 valence electrons. The SMILES string of the molecule is CCNCCN(CC(=O)N(C)N1Cc2ccccc2C1)C(=O)CNc1cc(-c2noc(C)n2)cc2c1OCC2. The zero-order valence-corrected chi connectivity index (χ0v) is 22.7. The predicted molar refractivity (Wildman–Crippen MR) is 146 cm³/mol. The number of hydrogen-bond donors (Lipinski definition) is 2. The Kier molecular flexibility index (Phi) is 8.08. The third kappa shape index (κ3) is 6.04. The lowest BCUT2D eigenvalue weighted by Gasteiger charge is -2.31. The molecule has 11 heteroatoms. The number of aromatic nitrogens is 2. The quantitative estimate of drug-likeness (QED) is 0.358. The van der Waals surface area contributed by atoms with E-state index in [9.17, 15) is 9.59 Å². The van der Waals surface area contributed by atoms with Gasteiger partial charge in [-0.05, 0) is 29.8 Å². The molecule has 0 unspecified atom stereocenters. The van der Waals surface area contributed by atoms with Crippen LogP contribution in [0.15, 0.2) is 40.9 Å². The maximum Gasteiger partial charge on any atom is 0.256 e. The molecule has 5 rings (SSSR count). The van der Waals surface area contributed by atoms with Crippen molar-refractivity contribution in [1.82, 2.24) is 30.4 Å². The standard InChI is InChI=1S/C28H35N7O4/c1-4-29-10-11-34(18-26(37)33(3)35-16-21-7-5-6-8-22(21)17-35)25(36)15-30-24-14-23(28-31-19(2)39-32-28)13-20-9-12-38-27(20)24/h5-8,13-14,29-30H,4,9-12,15-18H2,1-3H3. The van der Waals surface area contributed by atoms with E-state index in [1.54, 1.807) is 23.9 Å². The predicted octanol–water partition coefficient (Wildman–Crippen LogP) is 2.22. The molecule has 0 fully saturated rings. The molecule has 0 aliphatic carbocycles. The van der Waals surface area contributed by atoms with Gasteiger partial charge in [0.2, 0.25) is 17.6 Å². The zero-order chi connectivity index (χ0) is 27.4. The van der Waals surface area contributed by atoms with Crippen LogP contribution in [0, 0.1) is 6.92 Å². The normalized spacial score (nSPS) is 14.0. The number of nitrogens with zero attached hydrogens (tertiary/aromatic N) is 5. The number of nitrogens with one attached hydrogen (secondary N) is 2. The van der Waals surface area contributed by atoms with Crippen LogP contribution in [0.4, 0.5) is 5.69 Å². The number of carbonyl (C=O) groups is 2. The van der Waals surface area contributed by atoms with Crippen molar-refractivity contribution in [2.45, 2.75) is 33.4 Å². The van der Waals surface area contributed by atoms with Crippen LogP contribution in [-0.4, -0.2) is 83.3 Å². The van der Waals surface area contributed by atoms with E-state index in [1.807, 2.05) is 36.2 Å². The fourth-order valence-corrected chi connectivity index (χ4v) is 4.90. The molecule has 1 aromatic heterocycles. The van der Waals surface area contributed by atoms with Gasteiger partial charge in [0.05, 0.1) is 18.8 Å². The highest BCUT2D eigenvalue weighted by molar-refractivity contribution is 5.87. The second-order valence-electron chi connectivity index (χ2n) is 9.78. The third-order valence-corrected chi connectivity index (χ3v) is 7.10. The average molecular weight is 534 g/mol. The number of hydrazine groups is 1. The summed E-state index contributed by atoms with van der Waals surface area (Å²) in [4.78, 5) is 32.6. The van der Waals surface area contributed by atoms with E-state index >= 15 is 0 Å². The van der Waals surface area contributed by atoms with Gasteiger partial charge in [0, 0.05) is 57.7 Å². The number of likely N-dealkylation sites (N-methyl/N-ethyl adjacent to an activating group) is 2. The second-order valence-corrected chi connectivity index (χ2v) is 9.78. The van der Waals surface area contributed by atoms with E-state index in [1.165, 1.54) is 11.1 Å². The Labute approximate surface area is 228 Å². The molecular weight excluding hydrogens is 498 g/mol. The van der Waals surface area contributed by atoms with Crippen LogP contribution in [0.25, 0.3) is 11.4 Å². The molecule has 11 nitrogen and oxygen atoms in total. The average Bonchev–Trinajstić information content (AvgIpc) is 3.69. The largest absolute Gasteiger partial charge is 0.491 e. The van der Waals surface area contributed by atoms with Crippen molar-refractivity contribution < 1.29 is 18.8 Å². The van der Waals surface area contributed by atoms with Gasteiger partial charge in [0.1, 0.15) is 12.3 Å². The van der Waals surface area contributed by atoms with Gasteiger partial charge < -0.3 is 24.8 Å². The van der Waals surface area contributed by atoms with Gasteiger partial charge in [-0.15, -0.1) is 0 Å². The molecular formula is C28H35N7O4. The minimum Gasteiger partial charge on any atom is -0.491 e. The Bertz CT molecular complexity index is 1320. The minimum absolute atomic E-state index is 0.00790. The number of rotatable bonds is 11. The van der Waals surface area contributed by atoms with Crippen molar-refractivity contribution >= 4 is 17.5 Å². The van der Waals surface area contributed by atoms with E-state index in [-0.39, 0.29) is 24.9 Å². The number of hydrogen-bond acceptors (Lipinski definition) is 9. The van der Waals surface area contributed by atoms with Crippen LogP contribution in [0.3, 0.4) is 0 Å². The maximum absolute atomic E-state index is 13.4. The molecule has 3 heterocycles. The molecule has 39 heavy (non-hydrogen) atoms. The summed E-state index contributed by atoms with van der Waals surface area (Å²) in [6, 6.07) is 12.1. The summed E-state index contributed by atoms with van der Waals surface area (Å²) < 4.78 is 11.0. The van der Waals surface area contributed by atoms with Gasteiger partial charge in [-0.3, -0.25) is 14.6 Å². The molecule has 0 saturated carbocycles. The lowest BCUT2D eigenvalue weighted by molar-refractivity contribution is -0.151. The molecule has 2 aliphatic heterocycles. The summed E-state index contributed by atoms with van der Waals surface area (Å²) in [6.07, 6.45) is 0.763. The van der Waals surface area contributed by atoms with Crippen molar-refractivity contribution in [3.05, 3.63) is 59.0 Å². The van der Waals surface area contributed by atoms with E-state index < -0.39 is 0 Å². The Morgan fingerprint density at radius 2 is 1.87 bits per heavy atom. The highest BCUT2D eigenvalue weighted by Crippen LogP contribution is 2.37. The first kappa shape index (κ1) is 26.6. The van der Waals surface area contributed by atoms with Crippen LogP contribution in [-0.2, 0) is 29.1 Å². The van der Waals surface area contributed by atoms with Crippen LogP contribution >= 0.6 is 0 Å². The molecule has 3 aromatic rings. The number of aryl methyl sites for hydroxylation is 1. The monoisotopic (exact) mass is 533 g/mol. The van der Waals surface area contributed by atoms with Crippen molar-refractivity contribution in [3.63, 3.8) is 0 Å². The highest BCUT2D eigenvalue weighted by Gasteiger charge is 2.27. The lowest BCUT2D eigenvalue weighted by Crippen LogP contribution is -2.49. The van der Waals surface area contributed by atoms with Crippen molar-refractivity contribution in [2.75, 3.05) is 51.7 Å². The number of amides is 2. The van der Waals surface area contributed by atoms with Gasteiger partial charge >= 0.3 is 0 Å². The first-order valence-corrected chi connectivity index (χ1v) is 13.3. The molecule has 2 aromatic carbocycles. The lowest BCUT2D eigenvalue weighted by atomic mass is 10.1. The molecule has 2 amide bonds. The molecule has 0 bridgehead atoms. The number of carbonyl (C=O) groups excluding carboxylic acids is 2. The molecule has 0 spiro atoms. The van der Waals surface area contributed by atoms with Gasteiger partial charge in [-0.2, -0.15) is 4.98 Å². The van der Waals surface area contributed by atoms with Crippen LogP contribution < -0.4 is 15.4 Å². The third-order valence-electron chi connectivity index (χ3n) is 7.10. The van der Waals surface area contributed by atoms with Gasteiger partial charge in [-0.1, -0.05) is 36.3 Å². The van der Waals surface area contributed by atoms with Crippen molar-refractivity contribution in [3.8, 4) is 17.1 Å². The van der Waals surface area contributed by atoms with E-state index in [2.05, 4.69) is 32.9 Å². The second kappa shape index (κ2) is 11.8. The first-order valence-electron chi connectivity index (χ1n) is 13.3. The number of anilines is 1. The van der Waals surface area contributed by atoms with Gasteiger partial charge in [0.25, 0.3) is 5.91 Å². The summed E-state index contributed by atoms with van der Waals surface area (Å²) in [6.45, 7) is 7.48. The van der Waals surface area contributed by atoms with E-state index in [0.717, 1.165) is 29.8 Å². The summed E-state index contributed by atoms with van der Waals surface area (Å²) in [5.74, 6) is 1.39. The Balaban J connectivity index is 1.26. The molecule has 0 atom stereocenters. The molecule has 0 radical (unpaired) electrons. The Hall–Kier alpha value is -3.96. The maximum atomic E-state index is 13.4. The summed E-state index contributed by atoms with van der Waals surface area (Å²) >= 11 is 0.